The zero-order chi connectivity index (χ0) is 23.3. The minimum atomic E-state index is -0.812. The molecule has 166 valence electrons. The highest BCUT2D eigenvalue weighted by molar-refractivity contribution is 6.05. The van der Waals surface area contributed by atoms with Gasteiger partial charge in [0.15, 0.2) is 11.5 Å². The van der Waals surface area contributed by atoms with Gasteiger partial charge in [-0.2, -0.15) is 5.26 Å². The van der Waals surface area contributed by atoms with Gasteiger partial charge in [0.25, 0.3) is 11.5 Å². The Labute approximate surface area is 189 Å². The van der Waals surface area contributed by atoms with Crippen molar-refractivity contribution in [2.45, 2.75) is 25.7 Å². The van der Waals surface area contributed by atoms with E-state index < -0.39 is 11.5 Å². The molecule has 3 aromatic heterocycles. The number of fused-ring (bicyclic) bond motifs is 2. The number of piperidine rings is 1. The molecule has 4 aromatic rings. The number of oxazole rings is 1. The third kappa shape index (κ3) is 3.40. The molecule has 0 unspecified atom stereocenters. The monoisotopic (exact) mass is 442 g/mol. The number of aromatic nitrogens is 3. The van der Waals surface area contributed by atoms with E-state index in [1.807, 2.05) is 36.1 Å². The molecule has 2 N–H and O–H groups in total. The normalized spacial score (nSPS) is 14.6. The molecule has 9 nitrogen and oxygen atoms in total. The van der Waals surface area contributed by atoms with Crippen molar-refractivity contribution in [2.75, 3.05) is 18.0 Å². The Bertz CT molecular complexity index is 1520. The molecular weight excluding hydrogens is 420 g/mol. The van der Waals surface area contributed by atoms with E-state index >= 15 is 0 Å². The number of hydrogen-bond donors (Lipinski definition) is 1. The van der Waals surface area contributed by atoms with Crippen LogP contribution >= 0.6 is 0 Å². The summed E-state index contributed by atoms with van der Waals surface area (Å²) in [6.07, 6.45) is 1.44. The maximum absolute atomic E-state index is 13.0. The molecule has 0 bridgehead atoms. The summed E-state index contributed by atoms with van der Waals surface area (Å²) in [6.45, 7) is 3.13. The number of nitrogens with zero attached hydrogens (tertiary/aromatic N) is 5. The lowest BCUT2D eigenvalue weighted by molar-refractivity contribution is 0.0999. The summed E-state index contributed by atoms with van der Waals surface area (Å²) in [5, 5.41) is 9.33. The van der Waals surface area contributed by atoms with E-state index in [-0.39, 0.29) is 17.2 Å². The van der Waals surface area contributed by atoms with Crippen molar-refractivity contribution in [3.05, 3.63) is 63.4 Å². The van der Waals surface area contributed by atoms with Crippen LogP contribution in [0.3, 0.4) is 0 Å². The van der Waals surface area contributed by atoms with Crippen molar-refractivity contribution < 1.29 is 9.21 Å². The van der Waals surface area contributed by atoms with Gasteiger partial charge < -0.3 is 19.6 Å². The summed E-state index contributed by atoms with van der Waals surface area (Å²) in [4.78, 5) is 36.3. The van der Waals surface area contributed by atoms with Gasteiger partial charge in [-0.3, -0.25) is 9.59 Å². The number of nitrogens with two attached hydrogens (primary N) is 1. The highest BCUT2D eigenvalue weighted by Crippen LogP contribution is 2.35. The number of amides is 1. The number of hydrogen-bond acceptors (Lipinski definition) is 7. The van der Waals surface area contributed by atoms with Crippen LogP contribution in [0.25, 0.3) is 22.1 Å². The van der Waals surface area contributed by atoms with E-state index in [0.29, 0.717) is 35.7 Å². The molecule has 0 saturated carbocycles. The van der Waals surface area contributed by atoms with Gasteiger partial charge in [0.1, 0.15) is 28.4 Å². The number of pyridine rings is 2. The molecule has 9 heteroatoms. The fourth-order valence-corrected chi connectivity index (χ4v) is 4.57. The fraction of sp³-hybridized carbons (Fsp3) is 0.292. The first-order valence-corrected chi connectivity index (χ1v) is 10.7. The summed E-state index contributed by atoms with van der Waals surface area (Å²) in [5.74, 6) is 0.00336. The quantitative estimate of drug-likeness (QED) is 0.516. The number of primary amides is 1. The van der Waals surface area contributed by atoms with E-state index in [0.717, 1.165) is 29.5 Å². The summed E-state index contributed by atoms with van der Waals surface area (Å²) in [6, 6.07) is 11.2. The third-order valence-electron chi connectivity index (χ3n) is 6.30. The van der Waals surface area contributed by atoms with E-state index in [2.05, 4.69) is 9.97 Å². The molecule has 5 rings (SSSR count). The van der Waals surface area contributed by atoms with Crippen LogP contribution in [0.4, 0.5) is 5.69 Å². The molecule has 0 atom stereocenters. The van der Waals surface area contributed by atoms with Crippen LogP contribution in [-0.2, 0) is 7.05 Å². The topological polar surface area (TPSA) is 131 Å². The summed E-state index contributed by atoms with van der Waals surface area (Å²) in [5.41, 5.74) is 9.32. The zero-order valence-electron chi connectivity index (χ0n) is 18.3. The van der Waals surface area contributed by atoms with Gasteiger partial charge in [0.05, 0.1) is 11.2 Å². The molecule has 33 heavy (non-hydrogen) atoms. The smallest absolute Gasteiger partial charge is 0.265 e. The summed E-state index contributed by atoms with van der Waals surface area (Å²) in [7, 11) is 1.57. The van der Waals surface area contributed by atoms with Crippen LogP contribution in [-0.4, -0.2) is 33.5 Å². The lowest BCUT2D eigenvalue weighted by Gasteiger charge is -2.33. The van der Waals surface area contributed by atoms with Crippen LogP contribution in [0, 0.1) is 18.3 Å². The Morgan fingerprint density at radius 3 is 2.67 bits per heavy atom. The van der Waals surface area contributed by atoms with Crippen molar-refractivity contribution in [3.63, 3.8) is 0 Å². The lowest BCUT2D eigenvalue weighted by Crippen LogP contribution is -2.38. The van der Waals surface area contributed by atoms with Crippen molar-refractivity contribution in [1.82, 2.24) is 14.5 Å². The minimum Gasteiger partial charge on any atom is -0.440 e. The highest BCUT2D eigenvalue weighted by atomic mass is 16.3. The molecular formula is C24H22N6O3. The van der Waals surface area contributed by atoms with Crippen LogP contribution in [0.15, 0.2) is 39.5 Å². The average molecular weight is 442 g/mol. The van der Waals surface area contributed by atoms with E-state index in [1.54, 1.807) is 19.2 Å². The maximum Gasteiger partial charge on any atom is 0.265 e. The SMILES string of the molecule is Cc1ccc2oc(C3CCN(c4c(C(N)=O)c(=O)n(C)c5ccc(C#N)nc45)CC3)nc2c1. The number of nitriles is 1. The Hall–Kier alpha value is -4.19. The van der Waals surface area contributed by atoms with Gasteiger partial charge in [-0.1, -0.05) is 6.07 Å². The van der Waals surface area contributed by atoms with Crippen LogP contribution < -0.4 is 16.2 Å². The Morgan fingerprint density at radius 1 is 1.21 bits per heavy atom. The number of anilines is 1. The zero-order valence-corrected chi connectivity index (χ0v) is 18.3. The minimum absolute atomic E-state index is 0.108. The predicted octanol–water partition coefficient (Wildman–Crippen LogP) is 2.74. The van der Waals surface area contributed by atoms with Crippen LogP contribution in [0.1, 0.15) is 46.3 Å². The van der Waals surface area contributed by atoms with E-state index in [4.69, 9.17) is 10.2 Å². The molecule has 0 radical (unpaired) electrons. The molecule has 1 aliphatic heterocycles. The first kappa shape index (κ1) is 20.7. The Kier molecular flexibility index (Phi) is 4.86. The van der Waals surface area contributed by atoms with Gasteiger partial charge in [0, 0.05) is 26.1 Å². The van der Waals surface area contributed by atoms with Crippen LogP contribution in [0.2, 0.25) is 0 Å². The highest BCUT2D eigenvalue weighted by Gasteiger charge is 2.30. The van der Waals surface area contributed by atoms with Gasteiger partial charge in [-0.05, 0) is 49.6 Å². The molecule has 0 spiro atoms. The number of rotatable bonds is 3. The molecule has 0 aliphatic carbocycles. The molecule has 1 aliphatic rings. The van der Waals surface area contributed by atoms with Crippen molar-refractivity contribution in [3.8, 4) is 6.07 Å². The van der Waals surface area contributed by atoms with Crippen molar-refractivity contribution in [1.29, 1.82) is 5.26 Å². The first-order valence-electron chi connectivity index (χ1n) is 10.7. The molecule has 1 saturated heterocycles. The molecule has 4 heterocycles. The second kappa shape index (κ2) is 7.74. The van der Waals surface area contributed by atoms with Gasteiger partial charge >= 0.3 is 0 Å². The number of carbonyl (C=O) groups excluding carboxylic acids is 1. The molecule has 1 amide bonds. The largest absolute Gasteiger partial charge is 0.440 e. The second-order valence-electron chi connectivity index (χ2n) is 8.41. The third-order valence-corrected chi connectivity index (χ3v) is 6.30. The Balaban J connectivity index is 1.54. The molecule has 1 aromatic carbocycles. The van der Waals surface area contributed by atoms with Crippen LogP contribution in [0.5, 0.6) is 0 Å². The van der Waals surface area contributed by atoms with E-state index in [9.17, 15) is 14.9 Å². The maximum atomic E-state index is 13.0. The number of aryl methyl sites for hydroxylation is 2. The summed E-state index contributed by atoms with van der Waals surface area (Å²) >= 11 is 0. The Morgan fingerprint density at radius 2 is 1.97 bits per heavy atom. The van der Waals surface area contributed by atoms with Crippen molar-refractivity contribution in [2.24, 2.45) is 12.8 Å². The standard InChI is InChI=1S/C24H22N6O3/c1-13-3-6-18-16(11-13)28-23(33-18)14-7-9-30(10-8-14)21-19(22(26)31)24(32)29(2)17-5-4-15(12-25)27-20(17)21/h3-6,11,14H,7-10H2,1-2H3,(H2,26,31). The predicted molar refractivity (Wildman–Crippen MR) is 123 cm³/mol. The average Bonchev–Trinajstić information content (AvgIpc) is 3.24. The number of carbonyl (C=O) groups is 1. The van der Waals surface area contributed by atoms with Crippen molar-refractivity contribution >= 4 is 33.7 Å². The van der Waals surface area contributed by atoms with Gasteiger partial charge in [0.2, 0.25) is 0 Å². The van der Waals surface area contributed by atoms with Gasteiger partial charge in [-0.15, -0.1) is 0 Å². The fourth-order valence-electron chi connectivity index (χ4n) is 4.57. The first-order chi connectivity index (χ1) is 15.9. The number of benzene rings is 1. The van der Waals surface area contributed by atoms with E-state index in [1.165, 1.54) is 4.57 Å². The lowest BCUT2D eigenvalue weighted by atomic mass is 9.95. The van der Waals surface area contributed by atoms with Gasteiger partial charge in [-0.25, -0.2) is 9.97 Å². The summed E-state index contributed by atoms with van der Waals surface area (Å²) < 4.78 is 7.34. The second-order valence-corrected chi connectivity index (χ2v) is 8.41. The molecule has 1 fully saturated rings.